The Labute approximate surface area is 146 Å². The largest absolute Gasteiger partial charge is 0.497 e. The van der Waals surface area contributed by atoms with Crippen LogP contribution in [0.3, 0.4) is 0 Å². The van der Waals surface area contributed by atoms with E-state index in [1.165, 1.54) is 11.9 Å². The summed E-state index contributed by atoms with van der Waals surface area (Å²) in [5.41, 5.74) is 0.993. The Bertz CT molecular complexity index is 591. The number of carbonyl (C=O) groups excluding carboxylic acids is 3. The van der Waals surface area contributed by atoms with Crippen LogP contribution in [0.2, 0.25) is 0 Å². The summed E-state index contributed by atoms with van der Waals surface area (Å²) >= 11 is 1.38. The number of aldehydes is 1. The van der Waals surface area contributed by atoms with Crippen LogP contribution in [0.15, 0.2) is 24.3 Å². The van der Waals surface area contributed by atoms with E-state index in [2.05, 4.69) is 4.72 Å². The van der Waals surface area contributed by atoms with E-state index in [1.807, 2.05) is 24.3 Å². The van der Waals surface area contributed by atoms with Crippen LogP contribution in [0.5, 0.6) is 5.75 Å². The molecule has 1 heterocycles. The molecule has 130 valence electrons. The predicted octanol–water partition coefficient (Wildman–Crippen LogP) is 1.44. The number of ketones is 1. The predicted molar refractivity (Wildman–Crippen MR) is 92.6 cm³/mol. The molecule has 2 atom stereocenters. The van der Waals surface area contributed by atoms with Crippen molar-refractivity contribution >= 4 is 29.9 Å². The first-order valence-corrected chi connectivity index (χ1v) is 8.76. The monoisotopic (exact) mass is 350 g/mol. The molecule has 0 bridgehead atoms. The van der Waals surface area contributed by atoms with Gasteiger partial charge in [0.05, 0.1) is 13.2 Å². The van der Waals surface area contributed by atoms with Crippen molar-refractivity contribution in [3.05, 3.63) is 29.8 Å². The summed E-state index contributed by atoms with van der Waals surface area (Å²) in [6.07, 6.45) is 1.11. The highest BCUT2D eigenvalue weighted by Crippen LogP contribution is 2.21. The first kappa shape index (κ1) is 18.5. The van der Waals surface area contributed by atoms with Crippen molar-refractivity contribution in [3.63, 3.8) is 0 Å². The van der Waals surface area contributed by atoms with Gasteiger partial charge >= 0.3 is 0 Å². The molecule has 24 heavy (non-hydrogen) atoms. The lowest BCUT2D eigenvalue weighted by molar-refractivity contribution is -0.133. The summed E-state index contributed by atoms with van der Waals surface area (Å²) in [6.45, 7) is 0.478. The Balaban J connectivity index is 1.80. The molecule has 1 aliphatic rings. The molecule has 1 aromatic rings. The van der Waals surface area contributed by atoms with Crippen molar-refractivity contribution in [2.75, 3.05) is 19.9 Å². The third-order valence-electron chi connectivity index (χ3n) is 4.03. The maximum atomic E-state index is 12.2. The maximum Gasteiger partial charge on any atom is 0.223 e. The molecule has 6 nitrogen and oxygen atoms in total. The van der Waals surface area contributed by atoms with Crippen LogP contribution >= 0.6 is 11.9 Å². The van der Waals surface area contributed by atoms with Gasteiger partial charge in [0.2, 0.25) is 5.91 Å². The van der Waals surface area contributed by atoms with E-state index in [1.54, 1.807) is 19.1 Å². The molecule has 1 saturated heterocycles. The Kier molecular flexibility index (Phi) is 6.81. The van der Waals surface area contributed by atoms with Gasteiger partial charge in [0.25, 0.3) is 0 Å². The van der Waals surface area contributed by atoms with Gasteiger partial charge in [-0.05, 0) is 17.7 Å². The summed E-state index contributed by atoms with van der Waals surface area (Å²) in [4.78, 5) is 36.9. The number of hydrogen-bond acceptors (Lipinski definition) is 6. The SMILES string of the molecule is COc1ccc(CN(C)C(=O)CCC(=O)C2NSCC2C=O)cc1. The molecule has 1 aliphatic heterocycles. The fourth-order valence-electron chi connectivity index (χ4n) is 2.51. The summed E-state index contributed by atoms with van der Waals surface area (Å²) in [6, 6.07) is 7.04. The fourth-order valence-corrected chi connectivity index (χ4v) is 3.56. The number of ether oxygens (including phenoxy) is 1. The fraction of sp³-hybridized carbons (Fsp3) is 0.471. The minimum atomic E-state index is -0.466. The zero-order valence-corrected chi connectivity index (χ0v) is 14.7. The molecule has 1 aromatic carbocycles. The molecule has 1 fully saturated rings. The van der Waals surface area contributed by atoms with Crippen molar-refractivity contribution < 1.29 is 19.1 Å². The normalized spacial score (nSPS) is 19.8. The molecule has 2 unspecified atom stereocenters. The second-order valence-corrected chi connectivity index (χ2v) is 6.63. The Morgan fingerprint density at radius 3 is 2.67 bits per heavy atom. The topological polar surface area (TPSA) is 75.7 Å². The van der Waals surface area contributed by atoms with Gasteiger partial charge in [-0.1, -0.05) is 24.1 Å². The molecule has 7 heteroatoms. The van der Waals surface area contributed by atoms with Gasteiger partial charge in [-0.25, -0.2) is 0 Å². The zero-order valence-electron chi connectivity index (χ0n) is 13.9. The lowest BCUT2D eigenvalue weighted by atomic mass is 9.97. The smallest absolute Gasteiger partial charge is 0.223 e. The number of carbonyl (C=O) groups is 3. The van der Waals surface area contributed by atoms with Gasteiger partial charge in [-0.15, -0.1) is 0 Å². The molecular formula is C17H22N2O4S. The van der Waals surface area contributed by atoms with Crippen molar-refractivity contribution in [3.8, 4) is 5.75 Å². The van der Waals surface area contributed by atoms with Crippen molar-refractivity contribution in [2.45, 2.75) is 25.4 Å². The first-order chi connectivity index (χ1) is 11.5. The van der Waals surface area contributed by atoms with Crippen LogP contribution in [0, 0.1) is 5.92 Å². The second-order valence-electron chi connectivity index (χ2n) is 5.77. The van der Waals surface area contributed by atoms with E-state index in [0.717, 1.165) is 17.6 Å². The number of amides is 1. The molecule has 1 N–H and O–H groups in total. The number of rotatable bonds is 8. The van der Waals surface area contributed by atoms with Gasteiger partial charge in [-0.3, -0.25) is 14.3 Å². The van der Waals surface area contributed by atoms with Crippen LogP contribution in [0.4, 0.5) is 0 Å². The molecule has 0 aromatic heterocycles. The highest BCUT2D eigenvalue weighted by atomic mass is 32.2. The Morgan fingerprint density at radius 1 is 1.33 bits per heavy atom. The van der Waals surface area contributed by atoms with E-state index in [4.69, 9.17) is 4.74 Å². The summed E-state index contributed by atoms with van der Waals surface area (Å²) in [5.74, 6) is 0.904. The average molecular weight is 350 g/mol. The van der Waals surface area contributed by atoms with E-state index in [9.17, 15) is 14.4 Å². The molecule has 0 spiro atoms. The summed E-state index contributed by atoms with van der Waals surface area (Å²) < 4.78 is 8.06. The number of hydrogen-bond donors (Lipinski definition) is 1. The number of nitrogens with one attached hydrogen (secondary N) is 1. The maximum absolute atomic E-state index is 12.2. The Morgan fingerprint density at radius 2 is 2.04 bits per heavy atom. The average Bonchev–Trinajstić information content (AvgIpc) is 3.08. The van der Waals surface area contributed by atoms with Gasteiger partial charge in [-0.2, -0.15) is 0 Å². The van der Waals surface area contributed by atoms with E-state index in [-0.39, 0.29) is 30.4 Å². The quantitative estimate of drug-likeness (QED) is 0.565. The lowest BCUT2D eigenvalue weighted by Gasteiger charge is -2.18. The standard InChI is InChI=1S/C17H22N2O4S/c1-19(9-12-3-5-14(23-2)6-4-12)16(22)8-7-15(21)17-13(10-20)11-24-18-17/h3-6,10,13,17-18H,7-9,11H2,1-2H3. The number of benzene rings is 1. The molecule has 0 aliphatic carbocycles. The minimum absolute atomic E-state index is 0.0803. The van der Waals surface area contributed by atoms with Gasteiger partial charge in [0.1, 0.15) is 12.0 Å². The number of Topliss-reactive ketones (excluding diaryl/α,β-unsaturated/α-hetero) is 1. The van der Waals surface area contributed by atoms with Crippen LogP contribution in [-0.2, 0) is 20.9 Å². The molecule has 2 rings (SSSR count). The summed E-state index contributed by atoms with van der Waals surface area (Å²) in [7, 11) is 3.32. The van der Waals surface area contributed by atoms with Gasteiger partial charge < -0.3 is 14.4 Å². The van der Waals surface area contributed by atoms with Crippen LogP contribution in [-0.4, -0.2) is 48.8 Å². The van der Waals surface area contributed by atoms with E-state index in [0.29, 0.717) is 12.3 Å². The first-order valence-electron chi connectivity index (χ1n) is 7.77. The minimum Gasteiger partial charge on any atom is -0.497 e. The number of nitrogens with zero attached hydrogens (tertiary/aromatic N) is 1. The number of methoxy groups -OCH3 is 1. The van der Waals surface area contributed by atoms with Crippen molar-refractivity contribution in [2.24, 2.45) is 5.92 Å². The van der Waals surface area contributed by atoms with Gasteiger partial charge in [0.15, 0.2) is 5.78 Å². The van der Waals surface area contributed by atoms with E-state index >= 15 is 0 Å². The molecule has 0 radical (unpaired) electrons. The van der Waals surface area contributed by atoms with Crippen LogP contribution in [0.1, 0.15) is 18.4 Å². The van der Waals surface area contributed by atoms with Gasteiger partial charge in [0, 0.05) is 38.1 Å². The van der Waals surface area contributed by atoms with Crippen molar-refractivity contribution in [1.82, 2.24) is 9.62 Å². The van der Waals surface area contributed by atoms with Crippen molar-refractivity contribution in [1.29, 1.82) is 0 Å². The Hall–Kier alpha value is -1.86. The van der Waals surface area contributed by atoms with E-state index < -0.39 is 6.04 Å². The van der Waals surface area contributed by atoms with Crippen LogP contribution in [0.25, 0.3) is 0 Å². The third kappa shape index (κ3) is 4.82. The third-order valence-corrected chi connectivity index (χ3v) is 5.00. The lowest BCUT2D eigenvalue weighted by Crippen LogP contribution is -2.36. The molecular weight excluding hydrogens is 328 g/mol. The van der Waals surface area contributed by atoms with Crippen LogP contribution < -0.4 is 9.46 Å². The highest BCUT2D eigenvalue weighted by Gasteiger charge is 2.32. The second kappa shape index (κ2) is 8.84. The summed E-state index contributed by atoms with van der Waals surface area (Å²) in [5, 5.41) is 0. The zero-order chi connectivity index (χ0) is 17.5. The molecule has 0 saturated carbocycles. The highest BCUT2D eigenvalue weighted by molar-refractivity contribution is 7.97. The molecule has 1 amide bonds.